The molecular weight excluding hydrogens is 286 g/mol. The van der Waals surface area contributed by atoms with Crippen molar-refractivity contribution in [3.63, 3.8) is 0 Å². The number of benzene rings is 1. The number of nitrogens with zero attached hydrogens (tertiary/aromatic N) is 1. The van der Waals surface area contributed by atoms with E-state index >= 15 is 0 Å². The average Bonchev–Trinajstić information content (AvgIpc) is 2.95. The molecule has 2 rings (SSSR count). The van der Waals surface area contributed by atoms with Crippen LogP contribution >= 0.6 is 11.3 Å². The Labute approximate surface area is 128 Å². The van der Waals surface area contributed by atoms with Gasteiger partial charge in [0.1, 0.15) is 5.01 Å². The van der Waals surface area contributed by atoms with Crippen molar-refractivity contribution in [2.75, 3.05) is 13.7 Å². The number of rotatable bonds is 7. The van der Waals surface area contributed by atoms with Crippen LogP contribution in [0.2, 0.25) is 0 Å². The van der Waals surface area contributed by atoms with Crippen molar-refractivity contribution >= 4 is 17.3 Å². The maximum Gasteiger partial charge on any atom is 0.306 e. The van der Waals surface area contributed by atoms with Crippen LogP contribution in [0, 0.1) is 0 Å². The van der Waals surface area contributed by atoms with Crippen molar-refractivity contribution in [1.29, 1.82) is 0 Å². The Morgan fingerprint density at radius 3 is 2.90 bits per heavy atom. The molecule has 0 bridgehead atoms. The summed E-state index contributed by atoms with van der Waals surface area (Å²) in [5.41, 5.74) is 3.13. The van der Waals surface area contributed by atoms with Gasteiger partial charge in [0.2, 0.25) is 0 Å². The van der Waals surface area contributed by atoms with E-state index in [1.807, 2.05) is 36.6 Å². The topological polar surface area (TPSA) is 48.4 Å². The smallest absolute Gasteiger partial charge is 0.306 e. The fourth-order valence-electron chi connectivity index (χ4n) is 2.02. The van der Waals surface area contributed by atoms with Gasteiger partial charge in [-0.3, -0.25) is 4.79 Å². The summed E-state index contributed by atoms with van der Waals surface area (Å²) in [5.74, 6) is -0.174. The van der Waals surface area contributed by atoms with E-state index in [2.05, 4.69) is 4.98 Å². The molecule has 1 aromatic carbocycles. The molecule has 0 aliphatic carbocycles. The summed E-state index contributed by atoms with van der Waals surface area (Å²) >= 11 is 1.59. The highest BCUT2D eigenvalue weighted by Crippen LogP contribution is 2.27. The summed E-state index contributed by atoms with van der Waals surface area (Å²) in [6, 6.07) is 8.07. The lowest BCUT2D eigenvalue weighted by molar-refractivity contribution is -0.143. The molecule has 1 aromatic heterocycles. The normalized spacial score (nSPS) is 10.6. The highest BCUT2D eigenvalue weighted by Gasteiger charge is 2.10. The SMILES string of the molecule is CCOC(=O)CCc1csc(-c2ccccc2COC)n1. The van der Waals surface area contributed by atoms with Gasteiger partial charge in [0.15, 0.2) is 0 Å². The quantitative estimate of drug-likeness (QED) is 0.735. The molecule has 2 aromatic rings. The third kappa shape index (κ3) is 4.37. The van der Waals surface area contributed by atoms with Gasteiger partial charge in [0.25, 0.3) is 0 Å². The first-order valence-electron chi connectivity index (χ1n) is 6.91. The summed E-state index contributed by atoms with van der Waals surface area (Å²) in [5, 5.41) is 2.96. The number of aromatic nitrogens is 1. The van der Waals surface area contributed by atoms with Gasteiger partial charge in [-0.2, -0.15) is 0 Å². The Kier molecular flexibility index (Phi) is 5.90. The Balaban J connectivity index is 2.07. The molecular formula is C16H19NO3S. The molecule has 0 aliphatic rings. The van der Waals surface area contributed by atoms with Crippen molar-refractivity contribution in [3.05, 3.63) is 40.9 Å². The van der Waals surface area contributed by atoms with E-state index in [0.717, 1.165) is 21.8 Å². The van der Waals surface area contributed by atoms with Gasteiger partial charge in [0.05, 0.1) is 25.3 Å². The van der Waals surface area contributed by atoms with Gasteiger partial charge < -0.3 is 9.47 Å². The van der Waals surface area contributed by atoms with Crippen molar-refractivity contribution in [2.24, 2.45) is 0 Å². The van der Waals surface area contributed by atoms with Crippen LogP contribution in [0.4, 0.5) is 0 Å². The largest absolute Gasteiger partial charge is 0.466 e. The zero-order valence-electron chi connectivity index (χ0n) is 12.3. The fourth-order valence-corrected chi connectivity index (χ4v) is 2.93. The molecule has 21 heavy (non-hydrogen) atoms. The first kappa shape index (κ1) is 15.7. The molecule has 0 saturated carbocycles. The monoisotopic (exact) mass is 305 g/mol. The number of hydrogen-bond acceptors (Lipinski definition) is 5. The van der Waals surface area contributed by atoms with E-state index in [0.29, 0.717) is 26.1 Å². The minimum atomic E-state index is -0.174. The maximum atomic E-state index is 11.4. The van der Waals surface area contributed by atoms with E-state index < -0.39 is 0 Å². The van der Waals surface area contributed by atoms with Crippen molar-refractivity contribution in [1.82, 2.24) is 4.98 Å². The summed E-state index contributed by atoms with van der Waals surface area (Å²) in [7, 11) is 1.68. The molecule has 0 amide bonds. The van der Waals surface area contributed by atoms with E-state index in [9.17, 15) is 4.79 Å². The highest BCUT2D eigenvalue weighted by molar-refractivity contribution is 7.13. The lowest BCUT2D eigenvalue weighted by atomic mass is 10.1. The lowest BCUT2D eigenvalue weighted by Gasteiger charge is -2.05. The Morgan fingerprint density at radius 1 is 1.33 bits per heavy atom. The van der Waals surface area contributed by atoms with Crippen LogP contribution in [0.1, 0.15) is 24.6 Å². The van der Waals surface area contributed by atoms with E-state index in [1.165, 1.54) is 0 Å². The first-order chi connectivity index (χ1) is 10.2. The molecule has 4 nitrogen and oxygen atoms in total. The highest BCUT2D eigenvalue weighted by atomic mass is 32.1. The Hall–Kier alpha value is -1.72. The molecule has 0 saturated heterocycles. The predicted octanol–water partition coefficient (Wildman–Crippen LogP) is 3.45. The summed E-state index contributed by atoms with van der Waals surface area (Å²) in [6.45, 7) is 2.80. The molecule has 0 N–H and O–H groups in total. The molecule has 0 fully saturated rings. The number of carbonyl (C=O) groups is 1. The van der Waals surface area contributed by atoms with Crippen LogP contribution in [0.5, 0.6) is 0 Å². The van der Waals surface area contributed by atoms with E-state index in [-0.39, 0.29) is 5.97 Å². The third-order valence-electron chi connectivity index (χ3n) is 2.99. The molecule has 112 valence electrons. The van der Waals surface area contributed by atoms with Gasteiger partial charge in [-0.25, -0.2) is 4.98 Å². The van der Waals surface area contributed by atoms with E-state index in [1.54, 1.807) is 18.4 Å². The summed E-state index contributed by atoms with van der Waals surface area (Å²) in [6.07, 6.45) is 0.985. The number of aryl methyl sites for hydroxylation is 1. The second-order valence-electron chi connectivity index (χ2n) is 4.54. The number of thiazole rings is 1. The van der Waals surface area contributed by atoms with Crippen LogP contribution in [0.15, 0.2) is 29.6 Å². The van der Waals surface area contributed by atoms with Crippen molar-refractivity contribution in [2.45, 2.75) is 26.4 Å². The minimum absolute atomic E-state index is 0.174. The Morgan fingerprint density at radius 2 is 2.14 bits per heavy atom. The molecule has 0 unspecified atom stereocenters. The van der Waals surface area contributed by atoms with Crippen LogP contribution in [0.3, 0.4) is 0 Å². The minimum Gasteiger partial charge on any atom is -0.466 e. The standard InChI is InChI=1S/C16H19NO3S/c1-3-20-15(18)9-8-13-11-21-16(17-13)14-7-5-4-6-12(14)10-19-2/h4-7,11H,3,8-10H2,1-2H3. The van der Waals surface area contributed by atoms with Gasteiger partial charge in [-0.1, -0.05) is 24.3 Å². The maximum absolute atomic E-state index is 11.4. The third-order valence-corrected chi connectivity index (χ3v) is 3.91. The van der Waals surface area contributed by atoms with Gasteiger partial charge >= 0.3 is 5.97 Å². The molecule has 5 heteroatoms. The number of ether oxygens (including phenoxy) is 2. The second kappa shape index (κ2) is 7.90. The molecule has 0 aliphatic heterocycles. The first-order valence-corrected chi connectivity index (χ1v) is 7.79. The molecule has 1 heterocycles. The molecule has 0 radical (unpaired) electrons. The van der Waals surface area contributed by atoms with Crippen LogP contribution in [-0.4, -0.2) is 24.7 Å². The second-order valence-corrected chi connectivity index (χ2v) is 5.40. The average molecular weight is 305 g/mol. The Bertz CT molecular complexity index is 595. The fraction of sp³-hybridized carbons (Fsp3) is 0.375. The van der Waals surface area contributed by atoms with Gasteiger partial charge in [-0.05, 0) is 12.5 Å². The van der Waals surface area contributed by atoms with Gasteiger partial charge in [-0.15, -0.1) is 11.3 Å². The number of hydrogen-bond donors (Lipinski definition) is 0. The van der Waals surface area contributed by atoms with Crippen LogP contribution in [-0.2, 0) is 27.3 Å². The van der Waals surface area contributed by atoms with Crippen molar-refractivity contribution < 1.29 is 14.3 Å². The summed E-state index contributed by atoms with van der Waals surface area (Å²) in [4.78, 5) is 16.0. The van der Waals surface area contributed by atoms with Crippen LogP contribution < -0.4 is 0 Å². The molecule has 0 atom stereocenters. The van der Waals surface area contributed by atoms with Gasteiger partial charge in [0, 0.05) is 24.5 Å². The summed E-state index contributed by atoms with van der Waals surface area (Å²) < 4.78 is 10.1. The zero-order chi connectivity index (χ0) is 15.1. The van der Waals surface area contributed by atoms with E-state index in [4.69, 9.17) is 9.47 Å². The van der Waals surface area contributed by atoms with Crippen LogP contribution in [0.25, 0.3) is 10.6 Å². The zero-order valence-corrected chi connectivity index (χ0v) is 13.1. The number of methoxy groups -OCH3 is 1. The van der Waals surface area contributed by atoms with Crippen molar-refractivity contribution in [3.8, 4) is 10.6 Å². The lowest BCUT2D eigenvalue weighted by Crippen LogP contribution is -2.05. The number of esters is 1. The molecule has 0 spiro atoms. The predicted molar refractivity (Wildman–Crippen MR) is 83.2 cm³/mol. The number of carbonyl (C=O) groups excluding carboxylic acids is 1.